The summed E-state index contributed by atoms with van der Waals surface area (Å²) in [6, 6.07) is 6.15. The van der Waals surface area contributed by atoms with Gasteiger partial charge in [0.25, 0.3) is 11.8 Å². The standard InChI is InChI=1S/C29H40N4O4S2/c1-3-15-31-19-14-24-25(20-31)38-28(26(24)29(35)32-16-6-4-7-17-32)30-27(34)22-10-12-23(13-11-22)39(36,37)33-18-8-5-9-21(33)2/h10-13,21H,3-9,14-20H2,1-2H3,(H,30,34). The fourth-order valence-electron chi connectivity index (χ4n) is 6.05. The van der Waals surface area contributed by atoms with Crippen molar-refractivity contribution >= 4 is 38.2 Å². The second-order valence-corrected chi connectivity index (χ2v) is 14.0. The molecule has 0 radical (unpaired) electrons. The molecule has 2 amide bonds. The van der Waals surface area contributed by atoms with E-state index in [-0.39, 0.29) is 22.8 Å². The van der Waals surface area contributed by atoms with Crippen LogP contribution in [0.1, 0.15) is 89.9 Å². The predicted octanol–water partition coefficient (Wildman–Crippen LogP) is 4.96. The van der Waals surface area contributed by atoms with Gasteiger partial charge in [0, 0.05) is 49.2 Å². The Kier molecular flexibility index (Phi) is 8.75. The van der Waals surface area contributed by atoms with Gasteiger partial charge in [-0.05, 0) is 88.2 Å². The Morgan fingerprint density at radius 3 is 2.41 bits per heavy atom. The summed E-state index contributed by atoms with van der Waals surface area (Å²) in [5.41, 5.74) is 2.10. The Balaban J connectivity index is 1.38. The zero-order valence-corrected chi connectivity index (χ0v) is 24.7. The summed E-state index contributed by atoms with van der Waals surface area (Å²) >= 11 is 1.51. The molecular formula is C29H40N4O4S2. The van der Waals surface area contributed by atoms with E-state index in [1.807, 2.05) is 11.8 Å². The molecule has 1 unspecified atom stereocenters. The fourth-order valence-corrected chi connectivity index (χ4v) is 9.03. The lowest BCUT2D eigenvalue weighted by atomic mass is 10.0. The lowest BCUT2D eigenvalue weighted by molar-refractivity contribution is 0.0724. The van der Waals surface area contributed by atoms with Crippen molar-refractivity contribution in [2.24, 2.45) is 0 Å². The normalized spacial score (nSPS) is 21.0. The topological polar surface area (TPSA) is 90.0 Å². The molecule has 2 fully saturated rings. The number of carbonyl (C=O) groups is 2. The average Bonchev–Trinajstić information content (AvgIpc) is 3.30. The maximum Gasteiger partial charge on any atom is 0.257 e. The van der Waals surface area contributed by atoms with Gasteiger partial charge in [-0.15, -0.1) is 11.3 Å². The van der Waals surface area contributed by atoms with Gasteiger partial charge in [-0.1, -0.05) is 13.3 Å². The van der Waals surface area contributed by atoms with Gasteiger partial charge in [0.15, 0.2) is 0 Å². The molecule has 1 N–H and O–H groups in total. The molecule has 10 heteroatoms. The van der Waals surface area contributed by atoms with Gasteiger partial charge in [0.05, 0.1) is 10.5 Å². The molecule has 2 aromatic rings. The number of hydrogen-bond acceptors (Lipinski definition) is 6. The summed E-state index contributed by atoms with van der Waals surface area (Å²) < 4.78 is 28.0. The van der Waals surface area contributed by atoms with Crippen LogP contribution in [0.3, 0.4) is 0 Å². The van der Waals surface area contributed by atoms with Crippen molar-refractivity contribution in [2.75, 3.05) is 38.0 Å². The third-order valence-corrected chi connectivity index (χ3v) is 11.4. The number of fused-ring (bicyclic) bond motifs is 1. The van der Waals surface area contributed by atoms with E-state index in [1.165, 1.54) is 23.5 Å². The van der Waals surface area contributed by atoms with Crippen molar-refractivity contribution in [3.8, 4) is 0 Å². The Morgan fingerprint density at radius 1 is 1.00 bits per heavy atom. The second kappa shape index (κ2) is 12.1. The van der Waals surface area contributed by atoms with Crippen molar-refractivity contribution in [2.45, 2.75) is 82.7 Å². The molecule has 0 bridgehead atoms. The highest BCUT2D eigenvalue weighted by Crippen LogP contribution is 2.38. The number of thiophene rings is 1. The average molecular weight is 573 g/mol. The number of likely N-dealkylation sites (tertiary alicyclic amines) is 1. The van der Waals surface area contributed by atoms with E-state index in [2.05, 4.69) is 17.1 Å². The van der Waals surface area contributed by atoms with Crippen LogP contribution < -0.4 is 5.32 Å². The van der Waals surface area contributed by atoms with Crippen LogP contribution in [0.15, 0.2) is 29.2 Å². The van der Waals surface area contributed by atoms with Crippen molar-refractivity contribution in [1.29, 1.82) is 0 Å². The SMILES string of the molecule is CCCN1CCc2c(sc(NC(=O)c3ccc(S(=O)(=O)N4CCCCC4C)cc3)c2C(=O)N2CCCCC2)C1. The molecule has 4 heterocycles. The Bertz CT molecular complexity index is 1300. The number of sulfonamides is 1. The summed E-state index contributed by atoms with van der Waals surface area (Å²) in [6.07, 6.45) is 7.80. The molecule has 0 spiro atoms. The number of hydrogen-bond donors (Lipinski definition) is 1. The summed E-state index contributed by atoms with van der Waals surface area (Å²) in [4.78, 5) is 32.8. The minimum Gasteiger partial charge on any atom is -0.339 e. The van der Waals surface area contributed by atoms with Gasteiger partial charge in [-0.3, -0.25) is 14.5 Å². The quantitative estimate of drug-likeness (QED) is 0.507. The largest absolute Gasteiger partial charge is 0.339 e. The number of benzene rings is 1. The highest BCUT2D eigenvalue weighted by atomic mass is 32.2. The van der Waals surface area contributed by atoms with Crippen molar-refractivity contribution < 1.29 is 18.0 Å². The van der Waals surface area contributed by atoms with Crippen LogP contribution in [0, 0.1) is 0 Å². The maximum absolute atomic E-state index is 13.7. The molecule has 1 aromatic heterocycles. The van der Waals surface area contributed by atoms with Crippen LogP contribution >= 0.6 is 11.3 Å². The highest BCUT2D eigenvalue weighted by Gasteiger charge is 2.33. The summed E-state index contributed by atoms with van der Waals surface area (Å²) in [5.74, 6) is -0.314. The summed E-state index contributed by atoms with van der Waals surface area (Å²) in [7, 11) is -3.61. The molecule has 1 aromatic carbocycles. The van der Waals surface area contributed by atoms with E-state index >= 15 is 0 Å². The third kappa shape index (κ3) is 5.94. The monoisotopic (exact) mass is 572 g/mol. The van der Waals surface area contributed by atoms with Gasteiger partial charge in [0.1, 0.15) is 5.00 Å². The van der Waals surface area contributed by atoms with E-state index in [4.69, 9.17) is 0 Å². The van der Waals surface area contributed by atoms with Gasteiger partial charge in [0.2, 0.25) is 10.0 Å². The smallest absolute Gasteiger partial charge is 0.257 e. The minimum absolute atomic E-state index is 0.0172. The minimum atomic E-state index is -3.61. The van der Waals surface area contributed by atoms with Crippen LogP contribution in [0.5, 0.6) is 0 Å². The number of nitrogens with zero attached hydrogens (tertiary/aromatic N) is 3. The van der Waals surface area contributed by atoms with E-state index in [1.54, 1.807) is 16.4 Å². The Hall–Kier alpha value is -2.27. The molecule has 0 saturated carbocycles. The number of anilines is 1. The van der Waals surface area contributed by atoms with E-state index < -0.39 is 10.0 Å². The third-order valence-electron chi connectivity index (χ3n) is 8.23. The number of nitrogens with one attached hydrogen (secondary N) is 1. The van der Waals surface area contributed by atoms with Crippen molar-refractivity contribution in [3.05, 3.63) is 45.8 Å². The van der Waals surface area contributed by atoms with Crippen molar-refractivity contribution in [3.63, 3.8) is 0 Å². The first-order valence-electron chi connectivity index (χ1n) is 14.4. The summed E-state index contributed by atoms with van der Waals surface area (Å²) in [5, 5.41) is 3.64. The fraction of sp³-hybridized carbons (Fsp3) is 0.586. The molecule has 3 aliphatic heterocycles. The molecule has 5 rings (SSSR count). The van der Waals surface area contributed by atoms with Gasteiger partial charge in [-0.2, -0.15) is 4.31 Å². The van der Waals surface area contributed by atoms with Crippen LogP contribution in [0.2, 0.25) is 0 Å². The van der Waals surface area contributed by atoms with Gasteiger partial charge >= 0.3 is 0 Å². The Labute approximate surface area is 236 Å². The maximum atomic E-state index is 13.7. The molecule has 2 saturated heterocycles. The van der Waals surface area contributed by atoms with E-state index in [0.717, 1.165) is 94.5 Å². The zero-order chi connectivity index (χ0) is 27.6. The summed E-state index contributed by atoms with van der Waals surface area (Å²) in [6.45, 7) is 8.88. The highest BCUT2D eigenvalue weighted by molar-refractivity contribution is 7.89. The molecular weight excluding hydrogens is 532 g/mol. The number of amides is 2. The molecule has 39 heavy (non-hydrogen) atoms. The number of piperidine rings is 2. The number of carbonyl (C=O) groups excluding carboxylic acids is 2. The van der Waals surface area contributed by atoms with Crippen LogP contribution in [0.4, 0.5) is 5.00 Å². The second-order valence-electron chi connectivity index (χ2n) is 11.0. The zero-order valence-electron chi connectivity index (χ0n) is 23.1. The first kappa shape index (κ1) is 28.3. The first-order valence-corrected chi connectivity index (χ1v) is 16.6. The van der Waals surface area contributed by atoms with E-state index in [0.29, 0.717) is 22.7 Å². The number of rotatable bonds is 7. The van der Waals surface area contributed by atoms with Crippen molar-refractivity contribution in [1.82, 2.24) is 14.1 Å². The van der Waals surface area contributed by atoms with E-state index in [9.17, 15) is 18.0 Å². The lowest BCUT2D eigenvalue weighted by Crippen LogP contribution is -2.41. The Morgan fingerprint density at radius 2 is 1.72 bits per heavy atom. The van der Waals surface area contributed by atoms with Gasteiger partial charge < -0.3 is 10.2 Å². The lowest BCUT2D eigenvalue weighted by Gasteiger charge is -2.32. The van der Waals surface area contributed by atoms with Crippen LogP contribution in [-0.4, -0.2) is 73.1 Å². The molecule has 8 nitrogen and oxygen atoms in total. The first-order chi connectivity index (χ1) is 18.8. The van der Waals surface area contributed by atoms with Crippen LogP contribution in [-0.2, 0) is 23.0 Å². The van der Waals surface area contributed by atoms with Gasteiger partial charge in [-0.25, -0.2) is 8.42 Å². The van der Waals surface area contributed by atoms with Crippen LogP contribution in [0.25, 0.3) is 0 Å². The predicted molar refractivity (Wildman–Crippen MR) is 155 cm³/mol. The molecule has 212 valence electrons. The molecule has 0 aliphatic carbocycles. The molecule has 3 aliphatic rings. The molecule has 1 atom stereocenters.